The average molecular weight is 612 g/mol. The van der Waals surface area contributed by atoms with Crippen molar-refractivity contribution in [1.29, 1.82) is 0 Å². The Morgan fingerprint density at radius 3 is 2.50 bits per heavy atom. The highest BCUT2D eigenvalue weighted by Gasteiger charge is 2.48. The topological polar surface area (TPSA) is 94.2 Å². The molecule has 0 aliphatic carbocycles. The monoisotopic (exact) mass is 611 g/mol. The van der Waals surface area contributed by atoms with Crippen LogP contribution in [-0.2, 0) is 26.9 Å². The minimum atomic E-state index is -4.71. The molecule has 5 rings (SSSR count). The lowest BCUT2D eigenvalue weighted by atomic mass is 9.91. The number of amides is 4. The van der Waals surface area contributed by atoms with Crippen molar-refractivity contribution in [2.24, 2.45) is 0 Å². The van der Waals surface area contributed by atoms with E-state index < -0.39 is 35.8 Å². The van der Waals surface area contributed by atoms with Gasteiger partial charge in [0.05, 0.1) is 42.6 Å². The molecular weight excluding hydrogens is 575 g/mol. The fraction of sp³-hybridized carbons (Fsp3) is 0.406. The van der Waals surface area contributed by atoms with Crippen LogP contribution in [0.5, 0.6) is 0 Å². The second-order valence-electron chi connectivity index (χ2n) is 11.0. The third-order valence-electron chi connectivity index (χ3n) is 8.14. The Hall–Kier alpha value is -4.16. The van der Waals surface area contributed by atoms with Crippen molar-refractivity contribution in [2.75, 3.05) is 52.5 Å². The van der Waals surface area contributed by atoms with Gasteiger partial charge in [-0.05, 0) is 30.2 Å². The summed E-state index contributed by atoms with van der Waals surface area (Å²) < 4.78 is 47.5. The van der Waals surface area contributed by atoms with Crippen molar-refractivity contribution in [3.8, 4) is 0 Å². The molecule has 2 aromatic carbocycles. The number of hydrogen-bond acceptors (Lipinski definition) is 5. The largest absolute Gasteiger partial charge is 0.416 e. The molecule has 0 unspecified atom stereocenters. The molecule has 2 N–H and O–H groups in total. The number of carbonyl (C=O) groups excluding carboxylic acids is 3. The summed E-state index contributed by atoms with van der Waals surface area (Å²) in [6.07, 6.45) is -2.34. The Kier molecular flexibility index (Phi) is 9.70. The minimum absolute atomic E-state index is 0.0151. The molecule has 0 aromatic heterocycles. The van der Waals surface area contributed by atoms with Crippen molar-refractivity contribution in [2.45, 2.75) is 31.1 Å². The van der Waals surface area contributed by atoms with E-state index >= 15 is 0 Å². The standard InChI is InChI=1S/C32H36F3N5O4/c1-2-14-39-26-21-40(30(42)27(26)28(37-31(39)43)23-11-6-7-12-24(23)32(33,34)35)25(20-22-9-4-3-5-10-22)29(41)36-13-8-15-38-16-18-44-19-17-38/h2-7,9-12,25,28H,1,8,13-21H2,(H,36,41)(H,37,43)/t25-,28+/m0/s1. The van der Waals surface area contributed by atoms with E-state index in [2.05, 4.69) is 22.1 Å². The minimum Gasteiger partial charge on any atom is -0.379 e. The maximum atomic E-state index is 14.2. The van der Waals surface area contributed by atoms with Crippen LogP contribution >= 0.6 is 0 Å². The Balaban J connectivity index is 1.43. The van der Waals surface area contributed by atoms with E-state index in [1.54, 1.807) is 0 Å². The van der Waals surface area contributed by atoms with E-state index in [0.717, 1.165) is 31.3 Å². The molecule has 1 saturated heterocycles. The van der Waals surface area contributed by atoms with Crippen LogP contribution in [0.15, 0.2) is 78.5 Å². The summed E-state index contributed by atoms with van der Waals surface area (Å²) >= 11 is 0. The third-order valence-corrected chi connectivity index (χ3v) is 8.14. The molecule has 0 spiro atoms. The number of carbonyl (C=O) groups is 3. The lowest BCUT2D eigenvalue weighted by Crippen LogP contribution is -2.50. The second-order valence-corrected chi connectivity index (χ2v) is 11.0. The van der Waals surface area contributed by atoms with Crippen molar-refractivity contribution in [1.82, 2.24) is 25.3 Å². The van der Waals surface area contributed by atoms with Gasteiger partial charge >= 0.3 is 12.2 Å². The SMILES string of the molecule is C=CCN1C(=O)N[C@H](c2ccccc2C(F)(F)F)C2=C1CN([C@@H](Cc1ccccc1)C(=O)NCCCN1CCOCC1)C2=O. The van der Waals surface area contributed by atoms with Gasteiger partial charge in [0.25, 0.3) is 5.91 Å². The van der Waals surface area contributed by atoms with E-state index in [9.17, 15) is 27.6 Å². The van der Waals surface area contributed by atoms with Crippen LogP contribution in [0.2, 0.25) is 0 Å². The average Bonchev–Trinajstić information content (AvgIpc) is 3.36. The van der Waals surface area contributed by atoms with Gasteiger partial charge in [0, 0.05) is 32.6 Å². The number of alkyl halides is 3. The molecule has 44 heavy (non-hydrogen) atoms. The lowest BCUT2D eigenvalue weighted by molar-refractivity contribution is -0.138. The maximum Gasteiger partial charge on any atom is 0.416 e. The second kappa shape index (κ2) is 13.6. The summed E-state index contributed by atoms with van der Waals surface area (Å²) in [5.74, 6) is -0.966. The van der Waals surface area contributed by atoms with Gasteiger partial charge in [-0.1, -0.05) is 54.6 Å². The Morgan fingerprint density at radius 2 is 1.80 bits per heavy atom. The number of urea groups is 1. The van der Waals surface area contributed by atoms with Crippen molar-refractivity contribution in [3.05, 3.63) is 95.2 Å². The fourth-order valence-electron chi connectivity index (χ4n) is 5.97. The number of rotatable bonds is 11. The third kappa shape index (κ3) is 6.81. The summed E-state index contributed by atoms with van der Waals surface area (Å²) in [6.45, 7) is 7.81. The normalized spacial score (nSPS) is 19.9. The van der Waals surface area contributed by atoms with E-state index in [1.165, 1.54) is 34.1 Å². The lowest BCUT2D eigenvalue weighted by Gasteiger charge is -2.33. The first-order valence-corrected chi connectivity index (χ1v) is 14.7. The number of ether oxygens (including phenoxy) is 1. The molecule has 0 saturated carbocycles. The van der Waals surface area contributed by atoms with Crippen molar-refractivity contribution >= 4 is 17.8 Å². The van der Waals surface area contributed by atoms with Crippen molar-refractivity contribution < 1.29 is 32.3 Å². The van der Waals surface area contributed by atoms with E-state index in [1.807, 2.05) is 30.3 Å². The van der Waals surface area contributed by atoms with E-state index in [0.29, 0.717) is 26.2 Å². The Bertz CT molecular complexity index is 1410. The quantitative estimate of drug-likeness (QED) is 0.300. The summed E-state index contributed by atoms with van der Waals surface area (Å²) in [5, 5.41) is 5.58. The van der Waals surface area contributed by atoms with E-state index in [-0.39, 0.29) is 42.3 Å². The summed E-state index contributed by atoms with van der Waals surface area (Å²) in [4.78, 5) is 46.1. The first-order chi connectivity index (χ1) is 21.2. The molecule has 2 atom stereocenters. The molecule has 1 fully saturated rings. The molecular formula is C32H36F3N5O4. The zero-order chi connectivity index (χ0) is 31.3. The Labute approximate surface area is 254 Å². The molecule has 0 bridgehead atoms. The predicted molar refractivity (Wildman–Crippen MR) is 157 cm³/mol. The van der Waals surface area contributed by atoms with Crippen LogP contribution in [0.4, 0.5) is 18.0 Å². The highest BCUT2D eigenvalue weighted by atomic mass is 19.4. The molecule has 2 aromatic rings. The van der Waals surface area contributed by atoms with Gasteiger partial charge in [0.1, 0.15) is 6.04 Å². The maximum absolute atomic E-state index is 14.2. The number of morpholine rings is 1. The molecule has 3 aliphatic heterocycles. The van der Waals surface area contributed by atoms with Gasteiger partial charge in [0.15, 0.2) is 0 Å². The molecule has 3 heterocycles. The molecule has 12 heteroatoms. The van der Waals surface area contributed by atoms with Crippen LogP contribution in [0.25, 0.3) is 0 Å². The predicted octanol–water partition coefficient (Wildman–Crippen LogP) is 3.50. The number of benzene rings is 2. The molecule has 3 aliphatic rings. The number of hydrogen-bond donors (Lipinski definition) is 2. The molecule has 4 amide bonds. The first-order valence-electron chi connectivity index (χ1n) is 14.7. The Morgan fingerprint density at radius 1 is 1.09 bits per heavy atom. The fourth-order valence-corrected chi connectivity index (χ4v) is 5.97. The van der Waals surface area contributed by atoms with Gasteiger partial charge in [-0.2, -0.15) is 13.2 Å². The summed E-state index contributed by atoms with van der Waals surface area (Å²) in [5.41, 5.74) is -0.0872. The van der Waals surface area contributed by atoms with Crippen LogP contribution in [0.1, 0.15) is 29.2 Å². The summed E-state index contributed by atoms with van der Waals surface area (Å²) in [7, 11) is 0. The van der Waals surface area contributed by atoms with Gasteiger partial charge in [-0.3, -0.25) is 19.4 Å². The molecule has 9 nitrogen and oxygen atoms in total. The van der Waals surface area contributed by atoms with E-state index in [4.69, 9.17) is 4.74 Å². The van der Waals surface area contributed by atoms with Gasteiger partial charge < -0.3 is 20.3 Å². The smallest absolute Gasteiger partial charge is 0.379 e. The highest BCUT2D eigenvalue weighted by molar-refractivity contribution is 6.03. The zero-order valence-corrected chi connectivity index (χ0v) is 24.3. The van der Waals surface area contributed by atoms with Gasteiger partial charge in [-0.15, -0.1) is 6.58 Å². The van der Waals surface area contributed by atoms with Crippen LogP contribution in [-0.4, -0.2) is 91.1 Å². The summed E-state index contributed by atoms with van der Waals surface area (Å²) in [6, 6.07) is 11.2. The number of halogens is 3. The molecule has 234 valence electrons. The zero-order valence-electron chi connectivity index (χ0n) is 24.3. The van der Waals surface area contributed by atoms with Crippen LogP contribution < -0.4 is 10.6 Å². The molecule has 0 radical (unpaired) electrons. The van der Waals surface area contributed by atoms with Gasteiger partial charge in [0.2, 0.25) is 5.91 Å². The first kappa shape index (κ1) is 31.3. The van der Waals surface area contributed by atoms with Gasteiger partial charge in [-0.25, -0.2) is 4.79 Å². The van der Waals surface area contributed by atoms with Crippen molar-refractivity contribution in [3.63, 3.8) is 0 Å². The van der Waals surface area contributed by atoms with Crippen LogP contribution in [0, 0.1) is 0 Å². The van der Waals surface area contributed by atoms with Crippen LogP contribution in [0.3, 0.4) is 0 Å². The number of nitrogens with zero attached hydrogens (tertiary/aromatic N) is 3. The highest BCUT2D eigenvalue weighted by Crippen LogP contribution is 2.42. The number of nitrogens with one attached hydrogen (secondary N) is 2.